The number of hydrogen-bond acceptors (Lipinski definition) is 5. The molecular weight excluding hydrogens is 431 g/mol. The molecule has 0 bridgehead atoms. The molecule has 3 heterocycles. The van der Waals surface area contributed by atoms with Gasteiger partial charge in [0.1, 0.15) is 17.7 Å². The van der Waals surface area contributed by atoms with Crippen molar-refractivity contribution in [1.29, 1.82) is 0 Å². The number of nitrogens with one attached hydrogen (secondary N) is 1. The topological polar surface area (TPSA) is 81.3 Å². The summed E-state index contributed by atoms with van der Waals surface area (Å²) in [6.07, 6.45) is 0.769. The standard InChI is InChI=1S/C20H16F3N5O2S/c21-20(22,23)12-6-2-3-7-13(12)25-15(29)9-28-19(30)27-10-24-18-16(17(27)26-28)11-5-1-4-8-14(11)31-18/h2-3,6-7,10H,1,4-5,8-9H2,(H,25,29). The molecule has 1 aromatic carbocycles. The highest BCUT2D eigenvalue weighted by Crippen LogP contribution is 2.37. The molecule has 5 rings (SSSR count). The zero-order chi connectivity index (χ0) is 21.8. The Balaban J connectivity index is 1.50. The van der Waals surface area contributed by atoms with E-state index in [0.29, 0.717) is 5.65 Å². The first-order valence-corrected chi connectivity index (χ1v) is 10.5. The summed E-state index contributed by atoms with van der Waals surface area (Å²) in [6.45, 7) is -0.513. The maximum absolute atomic E-state index is 13.2. The summed E-state index contributed by atoms with van der Waals surface area (Å²) in [6, 6.07) is 4.68. The van der Waals surface area contributed by atoms with E-state index < -0.39 is 29.9 Å². The molecule has 0 spiro atoms. The van der Waals surface area contributed by atoms with Gasteiger partial charge in [0.15, 0.2) is 5.65 Å². The minimum atomic E-state index is -4.61. The van der Waals surface area contributed by atoms with Crippen molar-refractivity contribution in [1.82, 2.24) is 19.2 Å². The van der Waals surface area contributed by atoms with Crippen molar-refractivity contribution < 1.29 is 18.0 Å². The number of carbonyl (C=O) groups is 1. The molecule has 1 aliphatic carbocycles. The van der Waals surface area contributed by atoms with E-state index in [4.69, 9.17) is 0 Å². The fraction of sp³-hybridized carbons (Fsp3) is 0.300. The molecule has 0 radical (unpaired) electrons. The number of thiophene rings is 1. The summed E-state index contributed by atoms with van der Waals surface area (Å²) in [4.78, 5) is 31.6. The number of anilines is 1. The lowest BCUT2D eigenvalue weighted by molar-refractivity contribution is -0.137. The Morgan fingerprint density at radius 1 is 1.19 bits per heavy atom. The van der Waals surface area contributed by atoms with Crippen molar-refractivity contribution in [3.63, 3.8) is 0 Å². The summed E-state index contributed by atoms with van der Waals surface area (Å²) in [5, 5.41) is 7.38. The average molecular weight is 447 g/mol. The van der Waals surface area contributed by atoms with Crippen LogP contribution in [0.15, 0.2) is 35.4 Å². The molecule has 7 nitrogen and oxygen atoms in total. The molecule has 0 aliphatic heterocycles. The highest BCUT2D eigenvalue weighted by Gasteiger charge is 2.33. The van der Waals surface area contributed by atoms with E-state index in [-0.39, 0.29) is 5.69 Å². The molecule has 0 atom stereocenters. The van der Waals surface area contributed by atoms with Crippen molar-refractivity contribution in [2.24, 2.45) is 0 Å². The molecule has 1 aliphatic rings. The monoisotopic (exact) mass is 447 g/mol. The Labute approximate surface area is 177 Å². The van der Waals surface area contributed by atoms with Crippen LogP contribution in [0.2, 0.25) is 0 Å². The number of nitrogens with zero attached hydrogens (tertiary/aromatic N) is 4. The number of alkyl halides is 3. The van der Waals surface area contributed by atoms with Crippen molar-refractivity contribution in [3.05, 3.63) is 57.1 Å². The van der Waals surface area contributed by atoms with Crippen LogP contribution >= 0.6 is 11.3 Å². The van der Waals surface area contributed by atoms with E-state index in [1.807, 2.05) is 0 Å². The molecule has 1 N–H and O–H groups in total. The van der Waals surface area contributed by atoms with Crippen LogP contribution in [0.3, 0.4) is 0 Å². The van der Waals surface area contributed by atoms with Gasteiger partial charge in [-0.2, -0.15) is 13.2 Å². The van der Waals surface area contributed by atoms with Gasteiger partial charge in [-0.25, -0.2) is 18.9 Å². The van der Waals surface area contributed by atoms with Gasteiger partial charge >= 0.3 is 11.9 Å². The smallest absolute Gasteiger partial charge is 0.324 e. The van der Waals surface area contributed by atoms with Crippen LogP contribution in [-0.4, -0.2) is 25.1 Å². The largest absolute Gasteiger partial charge is 0.418 e. The Hall–Kier alpha value is -3.21. The first-order valence-electron chi connectivity index (χ1n) is 9.67. The number of halogens is 3. The zero-order valence-corrected chi connectivity index (χ0v) is 16.9. The fourth-order valence-electron chi connectivity index (χ4n) is 3.95. The Bertz CT molecular complexity index is 1390. The van der Waals surface area contributed by atoms with Gasteiger partial charge in [0.2, 0.25) is 5.91 Å². The van der Waals surface area contributed by atoms with Crippen LogP contribution in [-0.2, 0) is 30.4 Å². The molecule has 1 amide bonds. The van der Waals surface area contributed by atoms with E-state index >= 15 is 0 Å². The lowest BCUT2D eigenvalue weighted by Crippen LogP contribution is -2.28. The normalized spacial score (nSPS) is 14.2. The van der Waals surface area contributed by atoms with Crippen LogP contribution in [0.25, 0.3) is 15.9 Å². The maximum atomic E-state index is 13.2. The van der Waals surface area contributed by atoms with Crippen LogP contribution in [0, 0.1) is 0 Å². The van der Waals surface area contributed by atoms with E-state index in [1.54, 1.807) is 11.3 Å². The highest BCUT2D eigenvalue weighted by atomic mass is 32.1. The second-order valence-corrected chi connectivity index (χ2v) is 8.44. The molecule has 0 saturated heterocycles. The van der Waals surface area contributed by atoms with E-state index in [1.165, 1.54) is 27.7 Å². The lowest BCUT2D eigenvalue weighted by Gasteiger charge is -2.13. The number of benzene rings is 1. The number of amides is 1. The third-order valence-electron chi connectivity index (χ3n) is 5.34. The second kappa shape index (κ2) is 7.19. The highest BCUT2D eigenvalue weighted by molar-refractivity contribution is 7.19. The summed E-state index contributed by atoms with van der Waals surface area (Å²) in [5.41, 5.74) is -0.336. The number of para-hydroxylation sites is 1. The van der Waals surface area contributed by atoms with Crippen molar-refractivity contribution in [2.75, 3.05) is 5.32 Å². The summed E-state index contributed by atoms with van der Waals surface area (Å²) < 4.78 is 41.7. The molecule has 0 unspecified atom stereocenters. The predicted octanol–water partition coefficient (Wildman–Crippen LogP) is 3.64. The Morgan fingerprint density at radius 3 is 2.77 bits per heavy atom. The van der Waals surface area contributed by atoms with Gasteiger partial charge < -0.3 is 5.32 Å². The van der Waals surface area contributed by atoms with E-state index in [9.17, 15) is 22.8 Å². The first-order chi connectivity index (χ1) is 14.8. The van der Waals surface area contributed by atoms with E-state index in [0.717, 1.165) is 58.3 Å². The SMILES string of the molecule is O=C(Cn1nc2c3c4c(sc3ncn2c1=O)CCCC4)Nc1ccccc1C(F)(F)F. The summed E-state index contributed by atoms with van der Waals surface area (Å²) in [7, 11) is 0. The van der Waals surface area contributed by atoms with Gasteiger partial charge in [0, 0.05) is 4.88 Å². The van der Waals surface area contributed by atoms with Gasteiger partial charge in [-0.15, -0.1) is 16.4 Å². The van der Waals surface area contributed by atoms with Crippen LogP contribution < -0.4 is 11.0 Å². The number of carbonyl (C=O) groups excluding carboxylic acids is 1. The van der Waals surface area contributed by atoms with E-state index in [2.05, 4.69) is 15.4 Å². The third kappa shape index (κ3) is 3.38. The third-order valence-corrected chi connectivity index (χ3v) is 6.54. The molecule has 160 valence electrons. The van der Waals surface area contributed by atoms with Gasteiger partial charge in [-0.3, -0.25) is 4.79 Å². The van der Waals surface area contributed by atoms with Gasteiger partial charge in [-0.1, -0.05) is 12.1 Å². The Kier molecular flexibility index (Phi) is 4.58. The molecular formula is C20H16F3N5O2S. The number of rotatable bonds is 3. The fourth-order valence-corrected chi connectivity index (χ4v) is 5.17. The van der Waals surface area contributed by atoms with Gasteiger partial charge in [-0.05, 0) is 43.4 Å². The van der Waals surface area contributed by atoms with Crippen LogP contribution in [0.4, 0.5) is 18.9 Å². The predicted molar refractivity (Wildman–Crippen MR) is 109 cm³/mol. The molecule has 31 heavy (non-hydrogen) atoms. The number of aromatic nitrogens is 4. The van der Waals surface area contributed by atoms with Gasteiger partial charge in [0.05, 0.1) is 16.6 Å². The molecule has 0 saturated carbocycles. The summed E-state index contributed by atoms with van der Waals surface area (Å²) >= 11 is 1.59. The summed E-state index contributed by atoms with van der Waals surface area (Å²) in [5.74, 6) is -0.779. The molecule has 11 heteroatoms. The number of aryl methyl sites for hydroxylation is 2. The van der Waals surface area contributed by atoms with Crippen LogP contribution in [0.5, 0.6) is 0 Å². The second-order valence-electron chi connectivity index (χ2n) is 7.36. The number of hydrogen-bond donors (Lipinski definition) is 1. The van der Waals surface area contributed by atoms with Crippen molar-refractivity contribution >= 4 is 38.8 Å². The van der Waals surface area contributed by atoms with Crippen molar-refractivity contribution in [3.8, 4) is 0 Å². The van der Waals surface area contributed by atoms with Gasteiger partial charge in [0.25, 0.3) is 0 Å². The molecule has 0 fully saturated rings. The number of fused-ring (bicyclic) bond motifs is 5. The quantitative estimate of drug-likeness (QED) is 0.520. The average Bonchev–Trinajstić information content (AvgIpc) is 3.25. The van der Waals surface area contributed by atoms with Crippen LogP contribution in [0.1, 0.15) is 28.8 Å². The zero-order valence-electron chi connectivity index (χ0n) is 16.1. The minimum Gasteiger partial charge on any atom is -0.324 e. The van der Waals surface area contributed by atoms with Crippen molar-refractivity contribution in [2.45, 2.75) is 38.4 Å². The maximum Gasteiger partial charge on any atom is 0.418 e. The lowest BCUT2D eigenvalue weighted by atomic mass is 9.97. The molecule has 3 aromatic heterocycles. The minimum absolute atomic E-state index is 0.368. The first kappa shape index (κ1) is 19.7. The Morgan fingerprint density at radius 2 is 1.97 bits per heavy atom. The molecule has 4 aromatic rings.